The van der Waals surface area contributed by atoms with E-state index in [1.165, 1.54) is 167 Å². The number of amides is 1. The van der Waals surface area contributed by atoms with Crippen LogP contribution in [0.4, 0.5) is 0 Å². The third-order valence-electron chi connectivity index (χ3n) is 11.7. The first-order valence-corrected chi connectivity index (χ1v) is 27.2. The Kier molecular flexibility index (Phi) is 42.5. The Labute approximate surface area is 373 Å². The molecule has 0 rings (SSSR count). The molecule has 9 heteroatoms. The summed E-state index contributed by atoms with van der Waals surface area (Å²) < 4.78 is 23.7. The number of quaternary nitrogens is 1. The lowest BCUT2D eigenvalue weighted by atomic mass is 10.0. The summed E-state index contributed by atoms with van der Waals surface area (Å²) in [6.07, 6.45) is 52.1. The highest BCUT2D eigenvalue weighted by Crippen LogP contribution is 2.43. The smallest absolute Gasteiger partial charge is 0.391 e. The molecule has 356 valence electrons. The maximum atomic E-state index is 12.9. The third kappa shape index (κ3) is 45.0. The van der Waals surface area contributed by atoms with Crippen LogP contribution in [-0.2, 0) is 18.4 Å². The zero-order valence-corrected chi connectivity index (χ0v) is 41.4. The maximum absolute atomic E-state index is 12.9. The van der Waals surface area contributed by atoms with Gasteiger partial charge >= 0.3 is 7.82 Å². The van der Waals surface area contributed by atoms with Crippen LogP contribution in [0.15, 0.2) is 24.3 Å². The number of carbonyl (C=O) groups excluding carboxylic acids is 1. The van der Waals surface area contributed by atoms with Gasteiger partial charge in [-0.05, 0) is 44.9 Å². The van der Waals surface area contributed by atoms with Crippen LogP contribution in [0.5, 0.6) is 0 Å². The van der Waals surface area contributed by atoms with Crippen LogP contribution in [-0.4, -0.2) is 73.4 Å². The van der Waals surface area contributed by atoms with Crippen LogP contribution in [0.2, 0.25) is 0 Å². The SMILES string of the molecule is CCCCC/C=C\C/C=C\CCCCCCCCCC(=O)NC(COP(=O)(O)OCC[N+](C)(C)C)C(O)CCCCCCCCCCCCCCCCCCCCCCC. The average molecular weight is 870 g/mol. The summed E-state index contributed by atoms with van der Waals surface area (Å²) in [6, 6.07) is -0.763. The number of hydrogen-bond acceptors (Lipinski definition) is 5. The topological polar surface area (TPSA) is 105 Å². The molecule has 0 bridgehead atoms. The number of rotatable bonds is 47. The molecule has 0 aromatic carbocycles. The zero-order chi connectivity index (χ0) is 44.3. The minimum Gasteiger partial charge on any atom is -0.391 e. The number of aliphatic hydroxyl groups is 1. The lowest BCUT2D eigenvalue weighted by Crippen LogP contribution is -2.46. The minimum absolute atomic E-state index is 0.0739. The fraction of sp³-hybridized carbons (Fsp3) is 0.902. The second-order valence-corrected chi connectivity index (χ2v) is 20.4. The van der Waals surface area contributed by atoms with Crippen molar-refractivity contribution < 1.29 is 32.9 Å². The van der Waals surface area contributed by atoms with E-state index in [2.05, 4.69) is 43.5 Å². The maximum Gasteiger partial charge on any atom is 0.472 e. The highest BCUT2D eigenvalue weighted by molar-refractivity contribution is 7.47. The zero-order valence-electron chi connectivity index (χ0n) is 40.5. The molecule has 3 atom stereocenters. The Hall–Kier alpha value is -1.02. The summed E-state index contributed by atoms with van der Waals surface area (Å²) in [5.41, 5.74) is 0. The monoisotopic (exact) mass is 870 g/mol. The number of nitrogens with zero attached hydrogens (tertiary/aromatic N) is 1. The van der Waals surface area contributed by atoms with Gasteiger partial charge in [0, 0.05) is 6.42 Å². The van der Waals surface area contributed by atoms with Gasteiger partial charge in [0.15, 0.2) is 0 Å². The van der Waals surface area contributed by atoms with Crippen molar-refractivity contribution in [3.05, 3.63) is 24.3 Å². The fourth-order valence-electron chi connectivity index (χ4n) is 7.61. The van der Waals surface area contributed by atoms with E-state index in [1.807, 2.05) is 21.1 Å². The van der Waals surface area contributed by atoms with Gasteiger partial charge in [-0.2, -0.15) is 0 Å². The molecule has 0 aromatic heterocycles. The quantitative estimate of drug-likeness (QED) is 0.0243. The van der Waals surface area contributed by atoms with E-state index in [9.17, 15) is 19.4 Å². The molecule has 0 saturated carbocycles. The van der Waals surface area contributed by atoms with Crippen molar-refractivity contribution in [1.29, 1.82) is 0 Å². The second-order valence-electron chi connectivity index (χ2n) is 18.9. The lowest BCUT2D eigenvalue weighted by molar-refractivity contribution is -0.870. The number of hydrogen-bond donors (Lipinski definition) is 3. The molecule has 3 N–H and O–H groups in total. The molecule has 0 aliphatic rings. The van der Waals surface area contributed by atoms with E-state index in [-0.39, 0.29) is 19.1 Å². The van der Waals surface area contributed by atoms with Crippen molar-refractivity contribution in [3.8, 4) is 0 Å². The molecule has 0 spiro atoms. The standard InChI is InChI=1S/C51H101N2O6P/c1-6-8-10-12-14-16-18-20-22-24-25-26-27-29-30-32-34-36-38-40-42-44-50(54)49(48-59-60(56,57)58-47-46-53(3,4)5)52-51(55)45-43-41-39-37-35-33-31-28-23-21-19-17-15-13-11-9-7-2/h15,17,21,23,49-50,54H,6-14,16,18-20,22,24-48H2,1-5H3,(H-,52,55,56,57)/p+1/b17-15-,23-21-. The molecule has 8 nitrogen and oxygen atoms in total. The summed E-state index contributed by atoms with van der Waals surface area (Å²) in [6.45, 7) is 4.88. The van der Waals surface area contributed by atoms with Crippen molar-refractivity contribution in [2.45, 2.75) is 257 Å². The first-order valence-electron chi connectivity index (χ1n) is 25.7. The summed E-state index contributed by atoms with van der Waals surface area (Å²) in [4.78, 5) is 23.2. The van der Waals surface area contributed by atoms with Gasteiger partial charge in [-0.1, -0.05) is 218 Å². The molecule has 0 aliphatic heterocycles. The van der Waals surface area contributed by atoms with E-state index in [1.54, 1.807) is 0 Å². The van der Waals surface area contributed by atoms with Crippen LogP contribution in [0.3, 0.4) is 0 Å². The van der Waals surface area contributed by atoms with Gasteiger partial charge in [0.1, 0.15) is 13.2 Å². The van der Waals surface area contributed by atoms with E-state index in [0.717, 1.165) is 51.4 Å². The number of allylic oxidation sites excluding steroid dienone is 4. The molecular weight excluding hydrogens is 768 g/mol. The minimum atomic E-state index is -4.32. The van der Waals surface area contributed by atoms with E-state index >= 15 is 0 Å². The van der Waals surface area contributed by atoms with Gasteiger partial charge in [-0.25, -0.2) is 4.57 Å². The van der Waals surface area contributed by atoms with Crippen molar-refractivity contribution in [3.63, 3.8) is 0 Å². The number of phosphoric ester groups is 1. The Balaban J connectivity index is 4.25. The first kappa shape index (κ1) is 59.0. The molecule has 0 radical (unpaired) electrons. The molecule has 0 aromatic rings. The average Bonchev–Trinajstić information content (AvgIpc) is 3.20. The number of aliphatic hydroxyl groups excluding tert-OH is 1. The van der Waals surface area contributed by atoms with Gasteiger partial charge in [0.2, 0.25) is 5.91 Å². The van der Waals surface area contributed by atoms with Gasteiger partial charge in [-0.15, -0.1) is 0 Å². The number of likely N-dealkylation sites (N-methyl/N-ethyl adjacent to an activating group) is 1. The van der Waals surface area contributed by atoms with Crippen LogP contribution in [0.1, 0.15) is 245 Å². The normalized spacial score (nSPS) is 14.3. The Morgan fingerprint density at radius 1 is 0.567 bits per heavy atom. The number of carbonyl (C=O) groups is 1. The number of phosphoric acid groups is 1. The largest absolute Gasteiger partial charge is 0.472 e. The van der Waals surface area contributed by atoms with E-state index in [4.69, 9.17) is 9.05 Å². The predicted molar refractivity (Wildman–Crippen MR) is 258 cm³/mol. The molecule has 0 aliphatic carbocycles. The van der Waals surface area contributed by atoms with Crippen molar-refractivity contribution >= 4 is 13.7 Å². The first-order chi connectivity index (χ1) is 29.0. The van der Waals surface area contributed by atoms with Gasteiger partial charge in [-0.3, -0.25) is 13.8 Å². The molecule has 0 heterocycles. The van der Waals surface area contributed by atoms with Crippen LogP contribution < -0.4 is 5.32 Å². The lowest BCUT2D eigenvalue weighted by Gasteiger charge is -2.26. The third-order valence-corrected chi connectivity index (χ3v) is 12.7. The fourth-order valence-corrected chi connectivity index (χ4v) is 8.34. The Bertz CT molecular complexity index is 1030. The highest BCUT2D eigenvalue weighted by atomic mass is 31.2. The van der Waals surface area contributed by atoms with Crippen molar-refractivity contribution in [1.82, 2.24) is 5.32 Å². The molecule has 0 saturated heterocycles. The second kappa shape index (κ2) is 43.2. The Morgan fingerprint density at radius 3 is 1.40 bits per heavy atom. The van der Waals surface area contributed by atoms with Crippen LogP contribution >= 0.6 is 7.82 Å². The van der Waals surface area contributed by atoms with Crippen LogP contribution in [0, 0.1) is 0 Å². The molecule has 1 amide bonds. The summed E-state index contributed by atoms with van der Waals surface area (Å²) in [5.74, 6) is -0.150. The number of nitrogens with one attached hydrogen (secondary N) is 1. The molecular formula is C51H102N2O6P+. The van der Waals surface area contributed by atoms with Crippen molar-refractivity contribution in [2.75, 3.05) is 40.9 Å². The summed E-state index contributed by atoms with van der Waals surface area (Å²) >= 11 is 0. The molecule has 0 fully saturated rings. The number of unbranched alkanes of at least 4 members (excludes halogenated alkanes) is 30. The van der Waals surface area contributed by atoms with Gasteiger partial charge in [0.05, 0.1) is 39.9 Å². The highest BCUT2D eigenvalue weighted by Gasteiger charge is 2.28. The Morgan fingerprint density at radius 2 is 0.950 bits per heavy atom. The van der Waals surface area contributed by atoms with Gasteiger partial charge in [0.25, 0.3) is 0 Å². The van der Waals surface area contributed by atoms with E-state index in [0.29, 0.717) is 23.9 Å². The predicted octanol–water partition coefficient (Wildman–Crippen LogP) is 14.9. The molecule has 60 heavy (non-hydrogen) atoms. The van der Waals surface area contributed by atoms with E-state index < -0.39 is 20.0 Å². The van der Waals surface area contributed by atoms with Crippen LogP contribution in [0.25, 0.3) is 0 Å². The molecule has 3 unspecified atom stereocenters. The summed E-state index contributed by atoms with van der Waals surface area (Å²) in [5, 5.41) is 14.0. The van der Waals surface area contributed by atoms with Crippen molar-refractivity contribution in [2.24, 2.45) is 0 Å². The summed E-state index contributed by atoms with van der Waals surface area (Å²) in [7, 11) is 1.62. The van der Waals surface area contributed by atoms with Gasteiger partial charge < -0.3 is 19.8 Å².